The van der Waals surface area contributed by atoms with Crippen LogP contribution in [-0.4, -0.2) is 20.4 Å². The van der Waals surface area contributed by atoms with Crippen LogP contribution in [0.15, 0.2) is 12.5 Å². The number of rotatable bonds is 5. The molecule has 3 heteroatoms. The van der Waals surface area contributed by atoms with Crippen LogP contribution in [0.3, 0.4) is 0 Å². The molecule has 0 aromatic heterocycles. The zero-order valence-electron chi connectivity index (χ0n) is 5.94. The molecule has 0 bridgehead atoms. The van der Waals surface area contributed by atoms with Crippen LogP contribution < -0.4 is 5.32 Å². The maximum Gasteiger partial charge on any atom is 0.180 e. The lowest BCUT2D eigenvalue weighted by molar-refractivity contribution is 0.140. The van der Waals surface area contributed by atoms with E-state index in [1.807, 2.05) is 6.92 Å². The highest BCUT2D eigenvalue weighted by atomic mass is 16.5. The molecule has 0 aromatic carbocycles. The summed E-state index contributed by atoms with van der Waals surface area (Å²) >= 11 is 0. The van der Waals surface area contributed by atoms with Gasteiger partial charge in [-0.3, -0.25) is 0 Å². The molecule has 0 amide bonds. The summed E-state index contributed by atoms with van der Waals surface area (Å²) in [6.45, 7) is 6.55. The van der Waals surface area contributed by atoms with E-state index in [4.69, 9.17) is 9.47 Å². The Labute approximate surface area is 55.7 Å². The molecular weight excluding hydrogens is 118 g/mol. The summed E-state index contributed by atoms with van der Waals surface area (Å²) in [7, 11) is 1.60. The maximum atomic E-state index is 4.96. The van der Waals surface area contributed by atoms with Crippen molar-refractivity contribution in [1.82, 2.24) is 5.32 Å². The summed E-state index contributed by atoms with van der Waals surface area (Å²) in [5.41, 5.74) is 0. The van der Waals surface area contributed by atoms with Crippen LogP contribution in [0, 0.1) is 0 Å². The quantitative estimate of drug-likeness (QED) is 0.440. The smallest absolute Gasteiger partial charge is 0.180 e. The Morgan fingerprint density at radius 3 is 2.78 bits per heavy atom. The predicted molar refractivity (Wildman–Crippen MR) is 35.8 cm³/mol. The van der Waals surface area contributed by atoms with Crippen molar-refractivity contribution in [3.05, 3.63) is 12.5 Å². The topological polar surface area (TPSA) is 30.5 Å². The first-order valence-electron chi connectivity index (χ1n) is 2.85. The Kier molecular flexibility index (Phi) is 5.01. The van der Waals surface area contributed by atoms with E-state index in [-0.39, 0.29) is 0 Å². The van der Waals surface area contributed by atoms with Gasteiger partial charge in [0.1, 0.15) is 6.73 Å². The van der Waals surface area contributed by atoms with E-state index in [0.29, 0.717) is 19.2 Å². The second kappa shape index (κ2) is 5.44. The van der Waals surface area contributed by atoms with Gasteiger partial charge >= 0.3 is 0 Å². The first-order valence-corrected chi connectivity index (χ1v) is 2.85. The van der Waals surface area contributed by atoms with Gasteiger partial charge in [-0.15, -0.1) is 0 Å². The third kappa shape index (κ3) is 5.17. The van der Waals surface area contributed by atoms with Crippen molar-refractivity contribution in [2.24, 2.45) is 0 Å². The zero-order valence-corrected chi connectivity index (χ0v) is 5.94. The highest BCUT2D eigenvalue weighted by molar-refractivity contribution is 4.75. The van der Waals surface area contributed by atoms with Crippen LogP contribution in [0.25, 0.3) is 0 Å². The molecule has 3 nitrogen and oxygen atoms in total. The summed E-state index contributed by atoms with van der Waals surface area (Å²) in [5, 5.41) is 2.79. The van der Waals surface area contributed by atoms with E-state index in [0.717, 1.165) is 0 Å². The average molecular weight is 131 g/mol. The minimum atomic E-state index is 0.443. The van der Waals surface area contributed by atoms with E-state index >= 15 is 0 Å². The standard InChI is InChI=1S/C6H13NO2/c1-4-9-6(2)7-5-8-3/h7H,2,4-5H2,1,3H3. The Morgan fingerprint density at radius 2 is 2.33 bits per heavy atom. The Hall–Kier alpha value is -0.700. The predicted octanol–water partition coefficient (Wildman–Crippen LogP) is 0.688. The van der Waals surface area contributed by atoms with Crippen LogP contribution >= 0.6 is 0 Å². The van der Waals surface area contributed by atoms with Gasteiger partial charge in [-0.1, -0.05) is 0 Å². The van der Waals surface area contributed by atoms with E-state index in [9.17, 15) is 0 Å². The molecule has 0 atom stereocenters. The third-order valence-corrected chi connectivity index (χ3v) is 0.732. The van der Waals surface area contributed by atoms with Gasteiger partial charge in [-0.05, 0) is 13.5 Å². The minimum Gasteiger partial charge on any atom is -0.480 e. The molecule has 0 unspecified atom stereocenters. The van der Waals surface area contributed by atoms with Crippen molar-refractivity contribution < 1.29 is 9.47 Å². The first kappa shape index (κ1) is 8.30. The van der Waals surface area contributed by atoms with Crippen molar-refractivity contribution in [3.63, 3.8) is 0 Å². The highest BCUT2D eigenvalue weighted by Crippen LogP contribution is 1.84. The van der Waals surface area contributed by atoms with Crippen LogP contribution in [0.2, 0.25) is 0 Å². The van der Waals surface area contributed by atoms with Gasteiger partial charge in [-0.2, -0.15) is 0 Å². The van der Waals surface area contributed by atoms with Gasteiger partial charge in [-0.25, -0.2) is 0 Å². The lowest BCUT2D eigenvalue weighted by Gasteiger charge is -2.07. The van der Waals surface area contributed by atoms with Crippen LogP contribution in [0.5, 0.6) is 0 Å². The van der Waals surface area contributed by atoms with Gasteiger partial charge in [0.05, 0.1) is 6.61 Å². The van der Waals surface area contributed by atoms with E-state index in [1.54, 1.807) is 7.11 Å². The molecule has 0 fully saturated rings. The Balaban J connectivity index is 3.06. The van der Waals surface area contributed by atoms with Crippen LogP contribution in [0.4, 0.5) is 0 Å². The third-order valence-electron chi connectivity index (χ3n) is 0.732. The van der Waals surface area contributed by atoms with Gasteiger partial charge in [0, 0.05) is 7.11 Å². The summed E-state index contributed by atoms with van der Waals surface area (Å²) in [6.07, 6.45) is 0. The molecule has 0 radical (unpaired) electrons. The summed E-state index contributed by atoms with van der Waals surface area (Å²) in [5.74, 6) is 0.555. The lowest BCUT2D eigenvalue weighted by atomic mass is 10.8. The molecule has 54 valence electrons. The van der Waals surface area contributed by atoms with E-state index in [2.05, 4.69) is 11.9 Å². The van der Waals surface area contributed by atoms with Gasteiger partial charge < -0.3 is 14.8 Å². The molecular formula is C6H13NO2. The Bertz CT molecular complexity index is 83.1. The first-order chi connectivity index (χ1) is 4.31. The molecule has 0 saturated heterocycles. The van der Waals surface area contributed by atoms with Gasteiger partial charge in [0.25, 0.3) is 0 Å². The zero-order chi connectivity index (χ0) is 7.11. The van der Waals surface area contributed by atoms with Gasteiger partial charge in [0.2, 0.25) is 0 Å². The average Bonchev–Trinajstić information content (AvgIpc) is 1.85. The molecule has 0 aliphatic rings. The van der Waals surface area contributed by atoms with E-state index in [1.165, 1.54) is 0 Å². The second-order valence-corrected chi connectivity index (χ2v) is 1.47. The largest absolute Gasteiger partial charge is 0.480 e. The fraction of sp³-hybridized carbons (Fsp3) is 0.667. The lowest BCUT2D eigenvalue weighted by Crippen LogP contribution is -2.17. The molecule has 9 heavy (non-hydrogen) atoms. The molecule has 0 rings (SSSR count). The fourth-order valence-electron chi connectivity index (χ4n) is 0.378. The van der Waals surface area contributed by atoms with Crippen molar-refractivity contribution in [2.45, 2.75) is 6.92 Å². The van der Waals surface area contributed by atoms with E-state index < -0.39 is 0 Å². The van der Waals surface area contributed by atoms with Crippen molar-refractivity contribution in [1.29, 1.82) is 0 Å². The van der Waals surface area contributed by atoms with Crippen molar-refractivity contribution >= 4 is 0 Å². The van der Waals surface area contributed by atoms with Crippen LogP contribution in [0.1, 0.15) is 6.92 Å². The van der Waals surface area contributed by atoms with Crippen LogP contribution in [-0.2, 0) is 9.47 Å². The highest BCUT2D eigenvalue weighted by Gasteiger charge is 1.86. The fourth-order valence-corrected chi connectivity index (χ4v) is 0.378. The normalized spacial score (nSPS) is 8.67. The number of nitrogens with one attached hydrogen (secondary N) is 1. The molecule has 0 aliphatic carbocycles. The summed E-state index contributed by atoms with van der Waals surface area (Å²) < 4.78 is 9.67. The van der Waals surface area contributed by atoms with Crippen molar-refractivity contribution in [3.8, 4) is 0 Å². The number of hydrogen-bond acceptors (Lipinski definition) is 3. The summed E-state index contributed by atoms with van der Waals surface area (Å²) in [4.78, 5) is 0. The number of methoxy groups -OCH3 is 1. The Morgan fingerprint density at radius 1 is 1.67 bits per heavy atom. The molecule has 0 aliphatic heterocycles. The monoisotopic (exact) mass is 131 g/mol. The van der Waals surface area contributed by atoms with Crippen molar-refractivity contribution in [2.75, 3.05) is 20.4 Å². The SMILES string of the molecule is C=C(NCOC)OCC. The molecule has 0 heterocycles. The van der Waals surface area contributed by atoms with Gasteiger partial charge in [0.15, 0.2) is 5.88 Å². The minimum absolute atomic E-state index is 0.443. The maximum absolute atomic E-state index is 4.96. The second-order valence-electron chi connectivity index (χ2n) is 1.47. The molecule has 1 N–H and O–H groups in total. The molecule has 0 saturated carbocycles. The molecule has 0 spiro atoms. The molecule has 0 aromatic rings. The summed E-state index contributed by atoms with van der Waals surface area (Å²) in [6, 6.07) is 0. The number of hydrogen-bond donors (Lipinski definition) is 1. The number of ether oxygens (including phenoxy) is 2.